The molecule has 0 aliphatic heterocycles. The molecule has 0 bridgehead atoms. The van der Waals surface area contributed by atoms with Gasteiger partial charge >= 0.3 is 0 Å². The Bertz CT molecular complexity index is 176. The van der Waals surface area contributed by atoms with Crippen LogP contribution in [0.1, 0.15) is 4.88 Å². The molecule has 0 amide bonds. The second kappa shape index (κ2) is 3.13. The molecule has 0 aromatic carbocycles. The number of thiazole rings is 1. The van der Waals surface area contributed by atoms with Crippen molar-refractivity contribution in [2.75, 3.05) is 0 Å². The second-order valence-corrected chi connectivity index (χ2v) is 1.75. The highest BCUT2D eigenvalue weighted by Gasteiger charge is 1.85. The number of rotatable bonds is 0. The van der Waals surface area contributed by atoms with Gasteiger partial charge in [-0.3, -0.25) is 0 Å². The van der Waals surface area contributed by atoms with Crippen LogP contribution in [0.3, 0.4) is 0 Å². The van der Waals surface area contributed by atoms with E-state index in [9.17, 15) is 0 Å². The molecule has 0 fully saturated rings. The zero-order valence-electron chi connectivity index (χ0n) is 3.88. The Labute approximate surface area is 50.5 Å². The number of hydrogen-bond donors (Lipinski definition) is 0. The van der Waals surface area contributed by atoms with Crippen LogP contribution in [0.25, 0.3) is 0 Å². The molecule has 4 heteroatoms. The zero-order valence-corrected chi connectivity index (χ0v) is 4.70. The molecule has 0 aliphatic rings. The van der Waals surface area contributed by atoms with Crippen LogP contribution in [0.4, 0.5) is 0 Å². The largest absolute Gasteiger partial charge is 0.412 e. The fourth-order valence-corrected chi connectivity index (χ4v) is 0.593. The number of nitriles is 1. The van der Waals surface area contributed by atoms with E-state index in [-0.39, 0.29) is 5.48 Å². The van der Waals surface area contributed by atoms with Gasteiger partial charge in [0.15, 0.2) is 5.51 Å². The van der Waals surface area contributed by atoms with Gasteiger partial charge < -0.3 is 5.48 Å². The lowest BCUT2D eigenvalue weighted by Gasteiger charge is -1.59. The zero-order chi connectivity index (χ0) is 5.11. The van der Waals surface area contributed by atoms with E-state index in [0.717, 1.165) is 0 Å². The summed E-state index contributed by atoms with van der Waals surface area (Å²) in [6, 6.07) is 1.93. The van der Waals surface area contributed by atoms with E-state index in [1.807, 2.05) is 6.07 Å². The average Bonchev–Trinajstić information content (AvgIpc) is 2.14. The van der Waals surface area contributed by atoms with Crippen LogP contribution >= 0.6 is 11.3 Å². The summed E-state index contributed by atoms with van der Waals surface area (Å²) in [7, 11) is 0. The summed E-state index contributed by atoms with van der Waals surface area (Å²) >= 11 is 1.23. The van der Waals surface area contributed by atoms with Crippen LogP contribution in [0.2, 0.25) is 0 Å². The second-order valence-electron chi connectivity index (χ2n) is 0.928. The normalized spacial score (nSPS) is 6.88. The van der Waals surface area contributed by atoms with Gasteiger partial charge in [-0.15, -0.1) is 11.3 Å². The lowest BCUT2D eigenvalue weighted by Crippen LogP contribution is -1.53. The third kappa shape index (κ3) is 1.30. The molecule has 0 aliphatic carbocycles. The van der Waals surface area contributed by atoms with Crippen LogP contribution in [0.5, 0.6) is 0 Å². The molecular weight excluding hydrogens is 124 g/mol. The Morgan fingerprint density at radius 2 is 2.62 bits per heavy atom. The molecule has 0 saturated carbocycles. The van der Waals surface area contributed by atoms with Crippen LogP contribution in [0, 0.1) is 16.8 Å². The number of hydrogen-bond acceptors (Lipinski definition) is 3. The molecule has 1 aromatic rings. The van der Waals surface area contributed by atoms with Gasteiger partial charge in [0.1, 0.15) is 10.9 Å². The van der Waals surface area contributed by atoms with Crippen molar-refractivity contribution in [3.8, 4) is 6.07 Å². The first-order chi connectivity index (χ1) is 3.43. The monoisotopic (exact) mass is 127 g/mol. The van der Waals surface area contributed by atoms with Gasteiger partial charge in [0.05, 0.1) is 6.20 Å². The van der Waals surface area contributed by atoms with Crippen LogP contribution in [0.15, 0.2) is 6.20 Å². The Hall–Kier alpha value is -0.920. The molecular formula is C4H3N2OS. The highest BCUT2D eigenvalue weighted by atomic mass is 32.1. The fourth-order valence-electron chi connectivity index (χ4n) is 0.239. The molecule has 0 unspecified atom stereocenters. The Morgan fingerprint density at radius 1 is 1.88 bits per heavy atom. The SMILES string of the molecule is N#Cc1cn[c]s1.O. The number of aromatic nitrogens is 1. The molecule has 0 saturated heterocycles. The first-order valence-electron chi connectivity index (χ1n) is 1.65. The Balaban J connectivity index is 0.000000490. The standard InChI is InChI=1S/C4HN2S.H2O/c5-1-4-2-6-3-7-4;/h2H;1H2. The topological polar surface area (TPSA) is 68.2 Å². The van der Waals surface area contributed by atoms with Gasteiger partial charge in [0.2, 0.25) is 0 Å². The van der Waals surface area contributed by atoms with E-state index in [4.69, 9.17) is 5.26 Å². The van der Waals surface area contributed by atoms with Gasteiger partial charge in [-0.1, -0.05) is 0 Å². The van der Waals surface area contributed by atoms with Gasteiger partial charge in [0, 0.05) is 0 Å². The summed E-state index contributed by atoms with van der Waals surface area (Å²) in [4.78, 5) is 4.18. The van der Waals surface area contributed by atoms with Crippen molar-refractivity contribution in [1.29, 1.82) is 5.26 Å². The minimum absolute atomic E-state index is 0. The quantitative estimate of drug-likeness (QED) is 0.491. The Kier molecular flexibility index (Phi) is 2.77. The van der Waals surface area contributed by atoms with Crippen molar-refractivity contribution in [3.05, 3.63) is 16.6 Å². The number of nitrogens with zero attached hydrogens (tertiary/aromatic N) is 2. The van der Waals surface area contributed by atoms with E-state index < -0.39 is 0 Å². The summed E-state index contributed by atoms with van der Waals surface area (Å²) in [6.07, 6.45) is 1.49. The van der Waals surface area contributed by atoms with E-state index >= 15 is 0 Å². The predicted molar refractivity (Wildman–Crippen MR) is 29.3 cm³/mol. The van der Waals surface area contributed by atoms with Crippen LogP contribution in [-0.4, -0.2) is 10.5 Å². The molecule has 8 heavy (non-hydrogen) atoms. The van der Waals surface area contributed by atoms with Gasteiger partial charge in [-0.2, -0.15) is 5.26 Å². The minimum atomic E-state index is 0. The van der Waals surface area contributed by atoms with E-state index in [0.29, 0.717) is 4.88 Å². The first kappa shape index (κ1) is 7.08. The van der Waals surface area contributed by atoms with Crippen molar-refractivity contribution in [2.24, 2.45) is 0 Å². The molecule has 0 spiro atoms. The maximum absolute atomic E-state index is 8.13. The molecule has 1 radical (unpaired) electrons. The smallest absolute Gasteiger partial charge is 0.153 e. The molecule has 1 heterocycles. The molecule has 3 nitrogen and oxygen atoms in total. The molecule has 41 valence electrons. The van der Waals surface area contributed by atoms with Gasteiger partial charge in [0.25, 0.3) is 0 Å². The van der Waals surface area contributed by atoms with Crippen LogP contribution < -0.4 is 0 Å². The maximum Gasteiger partial charge on any atom is 0.153 e. The predicted octanol–water partition coefficient (Wildman–Crippen LogP) is -0.00973. The molecule has 1 aromatic heterocycles. The maximum atomic E-state index is 8.13. The summed E-state index contributed by atoms with van der Waals surface area (Å²) in [6.45, 7) is 0. The van der Waals surface area contributed by atoms with Crippen molar-refractivity contribution in [2.45, 2.75) is 0 Å². The molecule has 2 N–H and O–H groups in total. The van der Waals surface area contributed by atoms with Crippen molar-refractivity contribution in [1.82, 2.24) is 4.98 Å². The third-order valence-corrected chi connectivity index (χ3v) is 1.11. The summed E-state index contributed by atoms with van der Waals surface area (Å²) in [5.74, 6) is 0. The third-order valence-electron chi connectivity index (χ3n) is 0.500. The average molecular weight is 127 g/mol. The first-order valence-corrected chi connectivity index (χ1v) is 2.47. The summed E-state index contributed by atoms with van der Waals surface area (Å²) < 4.78 is 0. The van der Waals surface area contributed by atoms with Crippen molar-refractivity contribution >= 4 is 11.3 Å². The minimum Gasteiger partial charge on any atom is -0.412 e. The molecule has 0 atom stereocenters. The van der Waals surface area contributed by atoms with E-state index in [2.05, 4.69) is 10.5 Å². The van der Waals surface area contributed by atoms with Gasteiger partial charge in [-0.25, -0.2) is 4.98 Å². The van der Waals surface area contributed by atoms with E-state index in [1.54, 1.807) is 0 Å². The van der Waals surface area contributed by atoms with E-state index in [1.165, 1.54) is 17.5 Å². The Morgan fingerprint density at radius 3 is 2.88 bits per heavy atom. The molecule has 1 rings (SSSR count). The lowest BCUT2D eigenvalue weighted by molar-refractivity contribution is 0.824. The summed E-state index contributed by atoms with van der Waals surface area (Å²) in [5.41, 5.74) is 2.55. The fraction of sp³-hybridized carbons (Fsp3) is 0. The lowest BCUT2D eigenvalue weighted by atomic mass is 10.6. The highest BCUT2D eigenvalue weighted by molar-refractivity contribution is 7.09. The van der Waals surface area contributed by atoms with Gasteiger partial charge in [-0.05, 0) is 0 Å². The van der Waals surface area contributed by atoms with Crippen LogP contribution in [-0.2, 0) is 0 Å². The highest BCUT2D eigenvalue weighted by Crippen LogP contribution is 1.99. The summed E-state index contributed by atoms with van der Waals surface area (Å²) in [5, 5.41) is 8.13. The van der Waals surface area contributed by atoms with Crippen molar-refractivity contribution in [3.63, 3.8) is 0 Å². The van der Waals surface area contributed by atoms with Crippen molar-refractivity contribution < 1.29 is 5.48 Å².